The lowest BCUT2D eigenvalue weighted by atomic mass is 9.86. The Morgan fingerprint density at radius 3 is 2.41 bits per heavy atom. The van der Waals surface area contributed by atoms with Gasteiger partial charge in [-0.3, -0.25) is 0 Å². The number of nitrogens with one attached hydrogen (secondary N) is 1. The van der Waals surface area contributed by atoms with Gasteiger partial charge in [0.2, 0.25) is 0 Å². The quantitative estimate of drug-likeness (QED) is 0.766. The zero-order valence-corrected chi connectivity index (χ0v) is 11.6. The third-order valence-electron chi connectivity index (χ3n) is 3.04. The highest BCUT2D eigenvalue weighted by atomic mass is 14.9. The predicted octanol–water partition coefficient (Wildman–Crippen LogP) is 3.44. The van der Waals surface area contributed by atoms with Crippen molar-refractivity contribution in [2.45, 2.75) is 46.0 Å². The van der Waals surface area contributed by atoms with E-state index < -0.39 is 0 Å². The van der Waals surface area contributed by atoms with Gasteiger partial charge in [-0.2, -0.15) is 0 Å². The monoisotopic (exact) mass is 234 g/mol. The molecule has 0 aliphatic heterocycles. The molecule has 0 heterocycles. The van der Waals surface area contributed by atoms with Crippen molar-refractivity contribution in [2.75, 3.05) is 18.4 Å². The van der Waals surface area contributed by atoms with Crippen LogP contribution in [0.1, 0.15) is 44.7 Å². The minimum absolute atomic E-state index is 0.225. The van der Waals surface area contributed by atoms with Gasteiger partial charge in [-0.05, 0) is 48.9 Å². The van der Waals surface area contributed by atoms with Crippen LogP contribution in [0.3, 0.4) is 0 Å². The Hall–Kier alpha value is -1.02. The van der Waals surface area contributed by atoms with E-state index in [1.807, 2.05) is 0 Å². The third kappa shape index (κ3) is 4.39. The average Bonchev–Trinajstić information content (AvgIpc) is 2.24. The molecule has 2 heteroatoms. The second-order valence-electron chi connectivity index (χ2n) is 5.70. The highest BCUT2D eigenvalue weighted by Crippen LogP contribution is 2.26. The van der Waals surface area contributed by atoms with Gasteiger partial charge in [-0.15, -0.1) is 0 Å². The summed E-state index contributed by atoms with van der Waals surface area (Å²) in [7, 11) is 0. The highest BCUT2D eigenvalue weighted by Gasteiger charge is 2.14. The standard InChI is InChI=1S/C15H26N2/c1-12-11-13(15(2,3)4)7-8-14(12)17-10-6-5-9-16/h7-8,11,17H,5-6,9-10,16H2,1-4H3. The summed E-state index contributed by atoms with van der Waals surface area (Å²) < 4.78 is 0. The van der Waals surface area contributed by atoms with Gasteiger partial charge in [0.15, 0.2) is 0 Å². The van der Waals surface area contributed by atoms with Gasteiger partial charge >= 0.3 is 0 Å². The first-order chi connectivity index (χ1) is 7.95. The fraction of sp³-hybridized carbons (Fsp3) is 0.600. The van der Waals surface area contributed by atoms with Crippen LogP contribution in [0.15, 0.2) is 18.2 Å². The Morgan fingerprint density at radius 1 is 1.18 bits per heavy atom. The van der Waals surface area contributed by atoms with E-state index in [0.717, 1.165) is 25.9 Å². The third-order valence-corrected chi connectivity index (χ3v) is 3.04. The molecule has 2 nitrogen and oxygen atoms in total. The van der Waals surface area contributed by atoms with Gasteiger partial charge in [0.05, 0.1) is 0 Å². The number of benzene rings is 1. The second-order valence-corrected chi connectivity index (χ2v) is 5.70. The maximum absolute atomic E-state index is 5.48. The van der Waals surface area contributed by atoms with E-state index >= 15 is 0 Å². The number of unbranched alkanes of at least 4 members (excludes halogenated alkanes) is 1. The molecule has 0 saturated heterocycles. The second kappa shape index (κ2) is 6.06. The van der Waals surface area contributed by atoms with Crippen molar-refractivity contribution in [1.29, 1.82) is 0 Å². The molecule has 0 aliphatic carbocycles. The summed E-state index contributed by atoms with van der Waals surface area (Å²) in [5.74, 6) is 0. The lowest BCUT2D eigenvalue weighted by molar-refractivity contribution is 0.590. The van der Waals surface area contributed by atoms with Crippen molar-refractivity contribution < 1.29 is 0 Å². The maximum Gasteiger partial charge on any atom is 0.0370 e. The van der Waals surface area contributed by atoms with E-state index in [9.17, 15) is 0 Å². The van der Waals surface area contributed by atoms with Gasteiger partial charge in [-0.1, -0.05) is 32.9 Å². The summed E-state index contributed by atoms with van der Waals surface area (Å²) in [6, 6.07) is 6.70. The van der Waals surface area contributed by atoms with E-state index in [0.29, 0.717) is 0 Å². The topological polar surface area (TPSA) is 38.0 Å². The number of rotatable bonds is 5. The van der Waals surface area contributed by atoms with Crippen molar-refractivity contribution in [2.24, 2.45) is 5.73 Å². The molecule has 0 amide bonds. The molecule has 0 aliphatic rings. The van der Waals surface area contributed by atoms with Crippen LogP contribution in [-0.2, 0) is 5.41 Å². The molecule has 0 radical (unpaired) electrons. The minimum atomic E-state index is 0.225. The molecular formula is C15H26N2. The fourth-order valence-corrected chi connectivity index (χ4v) is 1.82. The maximum atomic E-state index is 5.48. The molecule has 96 valence electrons. The van der Waals surface area contributed by atoms with Crippen LogP contribution in [-0.4, -0.2) is 13.1 Å². The van der Waals surface area contributed by atoms with Crippen molar-refractivity contribution in [1.82, 2.24) is 0 Å². The molecule has 0 bridgehead atoms. The summed E-state index contributed by atoms with van der Waals surface area (Å²) in [4.78, 5) is 0. The number of anilines is 1. The Kier molecular flexibility index (Phi) is 5.01. The molecule has 0 aromatic heterocycles. The van der Waals surface area contributed by atoms with Crippen LogP contribution < -0.4 is 11.1 Å². The van der Waals surface area contributed by atoms with Gasteiger partial charge in [0, 0.05) is 12.2 Å². The zero-order chi connectivity index (χ0) is 12.9. The number of aryl methyl sites for hydroxylation is 1. The Balaban J connectivity index is 2.64. The first kappa shape index (κ1) is 14.0. The molecule has 0 atom stereocenters. The van der Waals surface area contributed by atoms with Crippen LogP contribution in [0, 0.1) is 6.92 Å². The van der Waals surface area contributed by atoms with Gasteiger partial charge < -0.3 is 11.1 Å². The molecule has 17 heavy (non-hydrogen) atoms. The molecule has 0 unspecified atom stereocenters. The lowest BCUT2D eigenvalue weighted by Gasteiger charge is -2.21. The molecule has 0 saturated carbocycles. The Bertz CT molecular complexity index is 350. The highest BCUT2D eigenvalue weighted by molar-refractivity contribution is 5.52. The summed E-state index contributed by atoms with van der Waals surface area (Å²) in [6.07, 6.45) is 2.23. The van der Waals surface area contributed by atoms with Crippen molar-refractivity contribution in [3.8, 4) is 0 Å². The fourth-order valence-electron chi connectivity index (χ4n) is 1.82. The molecule has 0 fully saturated rings. The molecule has 1 aromatic rings. The molecule has 1 aromatic carbocycles. The van der Waals surface area contributed by atoms with Crippen molar-refractivity contribution >= 4 is 5.69 Å². The van der Waals surface area contributed by atoms with E-state index in [1.54, 1.807) is 0 Å². The summed E-state index contributed by atoms with van der Waals surface area (Å²) in [5, 5.41) is 3.47. The van der Waals surface area contributed by atoms with Crippen LogP contribution in [0.5, 0.6) is 0 Å². The largest absolute Gasteiger partial charge is 0.385 e. The van der Waals surface area contributed by atoms with Gasteiger partial charge in [-0.25, -0.2) is 0 Å². The lowest BCUT2D eigenvalue weighted by Crippen LogP contribution is -2.12. The van der Waals surface area contributed by atoms with Gasteiger partial charge in [0.25, 0.3) is 0 Å². The van der Waals surface area contributed by atoms with Crippen LogP contribution in [0.2, 0.25) is 0 Å². The normalized spacial score (nSPS) is 11.6. The number of hydrogen-bond acceptors (Lipinski definition) is 2. The number of hydrogen-bond donors (Lipinski definition) is 2. The first-order valence-electron chi connectivity index (χ1n) is 6.50. The summed E-state index contributed by atoms with van der Waals surface area (Å²) >= 11 is 0. The molecule has 1 rings (SSSR count). The average molecular weight is 234 g/mol. The molecule has 3 N–H and O–H groups in total. The van der Waals surface area contributed by atoms with Crippen molar-refractivity contribution in [3.05, 3.63) is 29.3 Å². The molecule has 0 spiro atoms. The number of nitrogens with two attached hydrogens (primary N) is 1. The van der Waals surface area contributed by atoms with Crippen LogP contribution in [0.4, 0.5) is 5.69 Å². The van der Waals surface area contributed by atoms with Crippen LogP contribution in [0.25, 0.3) is 0 Å². The Morgan fingerprint density at radius 2 is 1.88 bits per heavy atom. The minimum Gasteiger partial charge on any atom is -0.385 e. The van der Waals surface area contributed by atoms with Crippen molar-refractivity contribution in [3.63, 3.8) is 0 Å². The first-order valence-corrected chi connectivity index (χ1v) is 6.50. The van der Waals surface area contributed by atoms with E-state index in [2.05, 4.69) is 51.2 Å². The smallest absolute Gasteiger partial charge is 0.0370 e. The molecular weight excluding hydrogens is 208 g/mol. The van der Waals surface area contributed by atoms with E-state index in [4.69, 9.17) is 5.73 Å². The van der Waals surface area contributed by atoms with E-state index in [-0.39, 0.29) is 5.41 Å². The van der Waals surface area contributed by atoms with Crippen LogP contribution >= 0.6 is 0 Å². The summed E-state index contributed by atoms with van der Waals surface area (Å²) in [5.41, 5.74) is 9.66. The SMILES string of the molecule is Cc1cc(C(C)(C)C)ccc1NCCCCN. The summed E-state index contributed by atoms with van der Waals surface area (Å²) in [6.45, 7) is 10.7. The predicted molar refractivity (Wildman–Crippen MR) is 76.7 cm³/mol. The Labute approximate surface area is 106 Å². The van der Waals surface area contributed by atoms with Gasteiger partial charge in [0.1, 0.15) is 0 Å². The zero-order valence-electron chi connectivity index (χ0n) is 11.6. The van der Waals surface area contributed by atoms with E-state index in [1.165, 1.54) is 16.8 Å².